The van der Waals surface area contributed by atoms with E-state index in [4.69, 9.17) is 9.47 Å². The quantitative estimate of drug-likeness (QED) is 0.367. The normalized spacial score (nSPS) is 12.7. The summed E-state index contributed by atoms with van der Waals surface area (Å²) in [5.41, 5.74) is 1.06. The second kappa shape index (κ2) is 9.82. The highest BCUT2D eigenvalue weighted by Gasteiger charge is 2.13. The van der Waals surface area contributed by atoms with E-state index in [0.29, 0.717) is 13.1 Å². The first-order valence-corrected chi connectivity index (χ1v) is 9.86. The molecule has 8 heteroatoms. The lowest BCUT2D eigenvalue weighted by atomic mass is 10.2. The monoisotopic (exact) mass is 388 g/mol. The number of fused-ring (bicyclic) bond motifs is 1. The Morgan fingerprint density at radius 3 is 2.81 bits per heavy atom. The fourth-order valence-corrected chi connectivity index (χ4v) is 3.18. The third-order valence-electron chi connectivity index (χ3n) is 3.88. The number of nitrogens with zero attached hydrogens (tertiary/aromatic N) is 1. The highest BCUT2D eigenvalue weighted by molar-refractivity contribution is 7.12. The van der Waals surface area contributed by atoms with Gasteiger partial charge in [0.05, 0.1) is 11.4 Å². The molecule has 27 heavy (non-hydrogen) atoms. The lowest BCUT2D eigenvalue weighted by Crippen LogP contribution is -2.38. The van der Waals surface area contributed by atoms with Crippen molar-refractivity contribution in [1.82, 2.24) is 16.0 Å². The molecule has 7 nitrogen and oxygen atoms in total. The Kier molecular flexibility index (Phi) is 6.92. The molecule has 0 unspecified atom stereocenters. The van der Waals surface area contributed by atoms with Crippen molar-refractivity contribution in [2.75, 3.05) is 26.4 Å². The van der Waals surface area contributed by atoms with E-state index in [2.05, 4.69) is 20.9 Å². The molecule has 1 aliphatic heterocycles. The molecule has 2 aromatic rings. The van der Waals surface area contributed by atoms with Gasteiger partial charge in [0.15, 0.2) is 17.5 Å². The highest BCUT2D eigenvalue weighted by atomic mass is 32.1. The second-order valence-electron chi connectivity index (χ2n) is 5.90. The first kappa shape index (κ1) is 19.0. The Hall–Kier alpha value is -2.74. The summed E-state index contributed by atoms with van der Waals surface area (Å²) in [5, 5.41) is 11.3. The van der Waals surface area contributed by atoms with Crippen molar-refractivity contribution < 1.29 is 14.3 Å². The van der Waals surface area contributed by atoms with E-state index >= 15 is 0 Å². The standard InChI is InChI=1S/C19H24N4O3S/c1-2-20-19(22-9-4-8-21-18(24)17-5-3-10-27-17)23-12-14-6-7-15-16(11-14)26-13-25-15/h3,5-7,10-11H,2,4,8-9,12-13H2,1H3,(H,21,24)(H2,20,22,23). The van der Waals surface area contributed by atoms with Crippen molar-refractivity contribution in [3.63, 3.8) is 0 Å². The van der Waals surface area contributed by atoms with Crippen LogP contribution in [0.2, 0.25) is 0 Å². The topological polar surface area (TPSA) is 84.0 Å². The largest absolute Gasteiger partial charge is 0.454 e. The number of benzene rings is 1. The summed E-state index contributed by atoms with van der Waals surface area (Å²) in [6.45, 7) is 4.96. The van der Waals surface area contributed by atoms with Crippen molar-refractivity contribution in [2.45, 2.75) is 19.9 Å². The van der Waals surface area contributed by atoms with Crippen molar-refractivity contribution in [2.24, 2.45) is 4.99 Å². The third-order valence-corrected chi connectivity index (χ3v) is 4.75. The molecule has 0 atom stereocenters. The van der Waals surface area contributed by atoms with Crippen LogP contribution in [0.5, 0.6) is 11.5 Å². The molecular formula is C19H24N4O3S. The van der Waals surface area contributed by atoms with Crippen LogP contribution in [-0.4, -0.2) is 38.3 Å². The van der Waals surface area contributed by atoms with Gasteiger partial charge in [-0.05, 0) is 42.5 Å². The molecule has 3 N–H and O–H groups in total. The predicted molar refractivity (Wildman–Crippen MR) is 107 cm³/mol. The van der Waals surface area contributed by atoms with Gasteiger partial charge in [-0.2, -0.15) is 0 Å². The second-order valence-corrected chi connectivity index (χ2v) is 6.84. The van der Waals surface area contributed by atoms with E-state index in [9.17, 15) is 4.79 Å². The maximum absolute atomic E-state index is 11.9. The van der Waals surface area contributed by atoms with Crippen LogP contribution in [0, 0.1) is 0 Å². The van der Waals surface area contributed by atoms with E-state index in [1.165, 1.54) is 11.3 Å². The van der Waals surface area contributed by atoms with Gasteiger partial charge in [0.25, 0.3) is 5.91 Å². The number of hydrogen-bond acceptors (Lipinski definition) is 5. The Morgan fingerprint density at radius 1 is 1.15 bits per heavy atom. The van der Waals surface area contributed by atoms with Gasteiger partial charge in [0, 0.05) is 19.6 Å². The van der Waals surface area contributed by atoms with Crippen molar-refractivity contribution in [3.8, 4) is 11.5 Å². The third kappa shape index (κ3) is 5.62. The zero-order chi connectivity index (χ0) is 18.9. The average molecular weight is 388 g/mol. The number of nitrogens with one attached hydrogen (secondary N) is 3. The molecule has 0 fully saturated rings. The maximum atomic E-state index is 11.9. The number of thiophene rings is 1. The number of carbonyl (C=O) groups excluding carboxylic acids is 1. The fourth-order valence-electron chi connectivity index (χ4n) is 2.54. The van der Waals surface area contributed by atoms with Gasteiger partial charge < -0.3 is 25.4 Å². The van der Waals surface area contributed by atoms with E-state index in [1.807, 2.05) is 42.6 Å². The Morgan fingerprint density at radius 2 is 2.00 bits per heavy atom. The minimum Gasteiger partial charge on any atom is -0.454 e. The van der Waals surface area contributed by atoms with Crippen LogP contribution in [0.4, 0.5) is 0 Å². The van der Waals surface area contributed by atoms with Gasteiger partial charge in [-0.25, -0.2) is 4.99 Å². The molecule has 1 aromatic carbocycles. The summed E-state index contributed by atoms with van der Waals surface area (Å²) in [7, 11) is 0. The number of rotatable bonds is 8. The van der Waals surface area contributed by atoms with Crippen molar-refractivity contribution in [1.29, 1.82) is 0 Å². The Bertz CT molecular complexity index is 777. The first-order valence-electron chi connectivity index (χ1n) is 8.98. The van der Waals surface area contributed by atoms with Gasteiger partial charge in [0.1, 0.15) is 0 Å². The van der Waals surface area contributed by atoms with Gasteiger partial charge in [-0.15, -0.1) is 11.3 Å². The summed E-state index contributed by atoms with van der Waals surface area (Å²) in [4.78, 5) is 17.2. The minimum absolute atomic E-state index is 0.0200. The van der Waals surface area contributed by atoms with Crippen LogP contribution >= 0.6 is 11.3 Å². The number of hydrogen-bond donors (Lipinski definition) is 3. The molecule has 2 heterocycles. The van der Waals surface area contributed by atoms with Crippen molar-refractivity contribution >= 4 is 23.2 Å². The molecule has 0 spiro atoms. The molecule has 1 aromatic heterocycles. The molecule has 0 saturated carbocycles. The smallest absolute Gasteiger partial charge is 0.261 e. The zero-order valence-corrected chi connectivity index (χ0v) is 16.1. The molecule has 1 amide bonds. The SMILES string of the molecule is CCNC(=NCc1ccc2c(c1)OCO2)NCCCNC(=O)c1cccs1. The molecule has 0 saturated heterocycles. The molecule has 0 aliphatic carbocycles. The number of guanidine groups is 1. The number of ether oxygens (including phenoxy) is 2. The average Bonchev–Trinajstić information content (AvgIpc) is 3.36. The van der Waals surface area contributed by atoms with Crippen LogP contribution in [0.1, 0.15) is 28.6 Å². The zero-order valence-electron chi connectivity index (χ0n) is 15.3. The van der Waals surface area contributed by atoms with Crippen LogP contribution in [-0.2, 0) is 6.54 Å². The Labute approximate surface area is 162 Å². The maximum Gasteiger partial charge on any atom is 0.261 e. The predicted octanol–water partition coefficient (Wildman–Crippen LogP) is 2.35. The molecule has 1 aliphatic rings. The van der Waals surface area contributed by atoms with Gasteiger partial charge in [-0.1, -0.05) is 12.1 Å². The number of amides is 1. The van der Waals surface area contributed by atoms with Gasteiger partial charge >= 0.3 is 0 Å². The summed E-state index contributed by atoms with van der Waals surface area (Å²) >= 11 is 1.44. The summed E-state index contributed by atoms with van der Waals surface area (Å²) < 4.78 is 10.7. The van der Waals surface area contributed by atoms with Gasteiger partial charge in [0.2, 0.25) is 6.79 Å². The summed E-state index contributed by atoms with van der Waals surface area (Å²) in [6.07, 6.45) is 0.811. The lowest BCUT2D eigenvalue weighted by molar-refractivity contribution is 0.0957. The van der Waals surface area contributed by atoms with E-state index in [-0.39, 0.29) is 12.7 Å². The van der Waals surface area contributed by atoms with E-state index in [1.54, 1.807) is 0 Å². The number of carbonyl (C=O) groups is 1. The highest BCUT2D eigenvalue weighted by Crippen LogP contribution is 2.32. The van der Waals surface area contributed by atoms with Crippen molar-refractivity contribution in [3.05, 3.63) is 46.2 Å². The van der Waals surface area contributed by atoms with E-state index < -0.39 is 0 Å². The first-order chi connectivity index (χ1) is 13.3. The van der Waals surface area contributed by atoms with Crippen LogP contribution < -0.4 is 25.4 Å². The number of aliphatic imine (C=N–C) groups is 1. The Balaban J connectivity index is 1.41. The summed E-state index contributed by atoms with van der Waals surface area (Å²) in [5.74, 6) is 2.27. The molecule has 0 bridgehead atoms. The molecule has 3 rings (SSSR count). The van der Waals surface area contributed by atoms with Gasteiger partial charge in [-0.3, -0.25) is 4.79 Å². The molecular weight excluding hydrogens is 364 g/mol. The summed E-state index contributed by atoms with van der Waals surface area (Å²) in [6, 6.07) is 9.55. The van der Waals surface area contributed by atoms with Crippen LogP contribution in [0.25, 0.3) is 0 Å². The van der Waals surface area contributed by atoms with E-state index in [0.717, 1.165) is 47.4 Å². The molecule has 0 radical (unpaired) electrons. The lowest BCUT2D eigenvalue weighted by Gasteiger charge is -2.11. The minimum atomic E-state index is -0.0200. The fraction of sp³-hybridized carbons (Fsp3) is 0.368. The van der Waals surface area contributed by atoms with Crippen LogP contribution in [0.3, 0.4) is 0 Å². The molecule has 144 valence electrons. The van der Waals surface area contributed by atoms with Crippen LogP contribution in [0.15, 0.2) is 40.7 Å².